The minimum atomic E-state index is 0.973. The smallest absolute Gasteiger partial charge is 0.141 e. The van der Waals surface area contributed by atoms with Gasteiger partial charge in [0.1, 0.15) is 17.0 Å². The third kappa shape index (κ3) is 3.37. The first-order valence-electron chi connectivity index (χ1n) is 9.52. The summed E-state index contributed by atoms with van der Waals surface area (Å²) in [4.78, 5) is 19.3. The lowest BCUT2D eigenvalue weighted by Gasteiger charge is -2.35. The van der Waals surface area contributed by atoms with Gasteiger partial charge < -0.3 is 4.90 Å². The molecule has 0 amide bonds. The van der Waals surface area contributed by atoms with Gasteiger partial charge in [-0.2, -0.15) is 0 Å². The second-order valence-corrected chi connectivity index (χ2v) is 7.87. The molecule has 3 aromatic heterocycles. The second-order valence-electron chi connectivity index (χ2n) is 7.01. The number of fused-ring (bicyclic) bond motifs is 1. The van der Waals surface area contributed by atoms with Crippen molar-refractivity contribution in [3.8, 4) is 11.1 Å². The van der Waals surface area contributed by atoms with Crippen LogP contribution in [0.4, 0.5) is 5.82 Å². The van der Waals surface area contributed by atoms with Gasteiger partial charge in [0.2, 0.25) is 0 Å². The van der Waals surface area contributed by atoms with Crippen LogP contribution in [0, 0.1) is 0 Å². The quantitative estimate of drug-likeness (QED) is 0.528. The monoisotopic (exact) mass is 387 g/mol. The van der Waals surface area contributed by atoms with Crippen LogP contribution < -0.4 is 4.90 Å². The topological polar surface area (TPSA) is 45.2 Å². The lowest BCUT2D eigenvalue weighted by atomic mass is 10.1. The fraction of sp³-hybridized carbons (Fsp3) is 0.227. The fourth-order valence-corrected chi connectivity index (χ4v) is 4.70. The Bertz CT molecular complexity index is 1060. The van der Waals surface area contributed by atoms with Crippen molar-refractivity contribution < 1.29 is 0 Å². The maximum atomic E-state index is 4.69. The fourth-order valence-electron chi connectivity index (χ4n) is 3.79. The number of nitrogens with zero attached hydrogens (tertiary/aromatic N) is 5. The number of pyridine rings is 1. The van der Waals surface area contributed by atoms with Crippen LogP contribution in [0.2, 0.25) is 0 Å². The molecule has 4 aromatic rings. The van der Waals surface area contributed by atoms with Crippen LogP contribution in [0.25, 0.3) is 21.3 Å². The van der Waals surface area contributed by atoms with Crippen molar-refractivity contribution in [1.82, 2.24) is 19.9 Å². The standard InChI is InChI=1S/C22H21N5S/c1-2-4-18(5-3-1)19-15-28-22-20(19)21(24-16-25-22)27-12-10-26(11-13-27)14-17-6-8-23-9-7-17/h1-9,15-16H,10-14H2. The van der Waals surface area contributed by atoms with E-state index in [1.165, 1.54) is 22.1 Å². The molecule has 0 N–H and O–H groups in total. The normalized spacial score (nSPS) is 15.2. The Hall–Kier alpha value is -2.83. The number of hydrogen-bond donors (Lipinski definition) is 0. The molecule has 1 aliphatic heterocycles. The first-order chi connectivity index (χ1) is 13.9. The molecule has 0 radical (unpaired) electrons. The van der Waals surface area contributed by atoms with Crippen molar-refractivity contribution in [2.24, 2.45) is 0 Å². The highest BCUT2D eigenvalue weighted by Crippen LogP contribution is 2.37. The third-order valence-electron chi connectivity index (χ3n) is 5.26. The SMILES string of the molecule is c1ccc(-c2csc3ncnc(N4CCN(Cc5ccncc5)CC4)c23)cc1. The lowest BCUT2D eigenvalue weighted by Crippen LogP contribution is -2.46. The lowest BCUT2D eigenvalue weighted by molar-refractivity contribution is 0.249. The Balaban J connectivity index is 1.39. The van der Waals surface area contributed by atoms with Crippen LogP contribution in [0.3, 0.4) is 0 Å². The van der Waals surface area contributed by atoms with Gasteiger partial charge in [-0.05, 0) is 23.3 Å². The molecule has 140 valence electrons. The van der Waals surface area contributed by atoms with Crippen molar-refractivity contribution in [3.63, 3.8) is 0 Å². The number of benzene rings is 1. The summed E-state index contributed by atoms with van der Waals surface area (Å²) in [5.41, 5.74) is 3.77. The van der Waals surface area contributed by atoms with Crippen LogP contribution in [-0.4, -0.2) is 46.0 Å². The first-order valence-corrected chi connectivity index (χ1v) is 10.4. The van der Waals surface area contributed by atoms with Gasteiger partial charge in [-0.25, -0.2) is 9.97 Å². The number of rotatable bonds is 4. The van der Waals surface area contributed by atoms with Gasteiger partial charge in [0.05, 0.1) is 5.39 Å². The van der Waals surface area contributed by atoms with Crippen LogP contribution in [0.1, 0.15) is 5.56 Å². The van der Waals surface area contributed by atoms with Gasteiger partial charge in [0.25, 0.3) is 0 Å². The van der Waals surface area contributed by atoms with Crippen molar-refractivity contribution in [3.05, 3.63) is 72.1 Å². The van der Waals surface area contributed by atoms with Crippen molar-refractivity contribution in [2.75, 3.05) is 31.1 Å². The number of anilines is 1. The highest BCUT2D eigenvalue weighted by atomic mass is 32.1. The van der Waals surface area contributed by atoms with Crippen LogP contribution in [0.15, 0.2) is 66.6 Å². The molecular weight excluding hydrogens is 366 g/mol. The van der Waals surface area contributed by atoms with Gasteiger partial charge in [-0.1, -0.05) is 30.3 Å². The van der Waals surface area contributed by atoms with E-state index >= 15 is 0 Å². The van der Waals surface area contributed by atoms with Crippen LogP contribution in [0.5, 0.6) is 0 Å². The third-order valence-corrected chi connectivity index (χ3v) is 6.15. The molecule has 0 unspecified atom stereocenters. The van der Waals surface area contributed by atoms with E-state index in [0.29, 0.717) is 0 Å². The van der Waals surface area contributed by atoms with Crippen molar-refractivity contribution in [2.45, 2.75) is 6.54 Å². The second kappa shape index (κ2) is 7.66. The molecular formula is C22H21N5S. The highest BCUT2D eigenvalue weighted by molar-refractivity contribution is 7.17. The van der Waals surface area contributed by atoms with Gasteiger partial charge >= 0.3 is 0 Å². The summed E-state index contributed by atoms with van der Waals surface area (Å²) < 4.78 is 0. The van der Waals surface area contributed by atoms with Gasteiger partial charge in [-0.3, -0.25) is 9.88 Å². The average Bonchev–Trinajstić information content (AvgIpc) is 3.20. The molecule has 0 saturated carbocycles. The molecule has 5 nitrogen and oxygen atoms in total. The van der Waals surface area contributed by atoms with E-state index in [0.717, 1.165) is 43.4 Å². The zero-order valence-electron chi connectivity index (χ0n) is 15.5. The summed E-state index contributed by atoms with van der Waals surface area (Å²) in [7, 11) is 0. The molecule has 0 spiro atoms. The van der Waals surface area contributed by atoms with Gasteiger partial charge in [0, 0.05) is 56.1 Å². The average molecular weight is 388 g/mol. The van der Waals surface area contributed by atoms with E-state index in [1.807, 2.05) is 12.4 Å². The molecule has 4 heterocycles. The summed E-state index contributed by atoms with van der Waals surface area (Å²) in [6.45, 7) is 4.98. The molecule has 1 fully saturated rings. The molecule has 0 aliphatic carbocycles. The summed E-state index contributed by atoms with van der Waals surface area (Å²) in [6.07, 6.45) is 5.43. The van der Waals surface area contributed by atoms with E-state index in [1.54, 1.807) is 17.7 Å². The molecule has 28 heavy (non-hydrogen) atoms. The van der Waals surface area contributed by atoms with Crippen molar-refractivity contribution in [1.29, 1.82) is 0 Å². The van der Waals surface area contributed by atoms with Crippen LogP contribution >= 0.6 is 11.3 Å². The Morgan fingerprint density at radius 2 is 1.68 bits per heavy atom. The largest absolute Gasteiger partial charge is 0.353 e. The Labute approximate surface area is 168 Å². The van der Waals surface area contributed by atoms with Crippen molar-refractivity contribution >= 4 is 27.4 Å². The zero-order chi connectivity index (χ0) is 18.8. The maximum absolute atomic E-state index is 4.69. The Morgan fingerprint density at radius 1 is 0.893 bits per heavy atom. The van der Waals surface area contributed by atoms with E-state index in [2.05, 4.69) is 67.6 Å². The summed E-state index contributed by atoms with van der Waals surface area (Å²) in [5.74, 6) is 1.06. The molecule has 1 aliphatic rings. The van der Waals surface area contributed by atoms with Gasteiger partial charge in [0.15, 0.2) is 0 Å². The van der Waals surface area contributed by atoms with Gasteiger partial charge in [-0.15, -0.1) is 11.3 Å². The number of aromatic nitrogens is 3. The Morgan fingerprint density at radius 3 is 2.46 bits per heavy atom. The number of hydrogen-bond acceptors (Lipinski definition) is 6. The molecule has 1 saturated heterocycles. The summed E-state index contributed by atoms with van der Waals surface area (Å²) in [6, 6.07) is 14.7. The van der Waals surface area contributed by atoms with E-state index < -0.39 is 0 Å². The molecule has 0 atom stereocenters. The molecule has 5 rings (SSSR count). The van der Waals surface area contributed by atoms with E-state index in [9.17, 15) is 0 Å². The predicted molar refractivity (Wildman–Crippen MR) is 115 cm³/mol. The number of piperazine rings is 1. The maximum Gasteiger partial charge on any atom is 0.141 e. The highest BCUT2D eigenvalue weighted by Gasteiger charge is 2.22. The molecule has 0 bridgehead atoms. The number of thiophene rings is 1. The Kier molecular flexibility index (Phi) is 4.72. The minimum absolute atomic E-state index is 0.973. The van der Waals surface area contributed by atoms with E-state index in [4.69, 9.17) is 4.98 Å². The summed E-state index contributed by atoms with van der Waals surface area (Å²) >= 11 is 1.70. The zero-order valence-corrected chi connectivity index (χ0v) is 16.3. The minimum Gasteiger partial charge on any atom is -0.353 e. The van der Waals surface area contributed by atoms with Crippen LogP contribution in [-0.2, 0) is 6.54 Å². The molecule has 6 heteroatoms. The predicted octanol–water partition coefficient (Wildman–Crippen LogP) is 4.08. The summed E-state index contributed by atoms with van der Waals surface area (Å²) in [5, 5.41) is 3.39. The first kappa shape index (κ1) is 17.3. The van der Waals surface area contributed by atoms with E-state index in [-0.39, 0.29) is 0 Å². The molecule has 1 aromatic carbocycles.